The summed E-state index contributed by atoms with van der Waals surface area (Å²) in [5.74, 6) is -2.64. The molecule has 0 N–H and O–H groups in total. The normalized spacial score (nSPS) is 20.5. The van der Waals surface area contributed by atoms with Crippen LogP contribution in [0.2, 0.25) is 0 Å². The van der Waals surface area contributed by atoms with Crippen molar-refractivity contribution in [2.75, 3.05) is 0 Å². The number of carbonyl (C=O) groups is 2. The van der Waals surface area contributed by atoms with Crippen molar-refractivity contribution >= 4 is 27.9 Å². The van der Waals surface area contributed by atoms with E-state index in [0.717, 1.165) is 0 Å². The van der Waals surface area contributed by atoms with Crippen molar-refractivity contribution in [3.8, 4) is 0 Å². The van der Waals surface area contributed by atoms with E-state index in [0.29, 0.717) is 4.47 Å². The Balaban J connectivity index is 2.46. The van der Waals surface area contributed by atoms with Gasteiger partial charge in [0.05, 0.1) is 12.3 Å². The molecular weight excluding hydrogens is 267 g/mol. The fourth-order valence-corrected chi connectivity index (χ4v) is 2.16. The zero-order valence-corrected chi connectivity index (χ0v) is 9.08. The fraction of sp³-hybridized carbons (Fsp3) is 0.200. The Morgan fingerprint density at radius 1 is 1.40 bits per heavy atom. The highest BCUT2D eigenvalue weighted by molar-refractivity contribution is 9.10. The van der Waals surface area contributed by atoms with Crippen LogP contribution in [0.3, 0.4) is 0 Å². The average molecular weight is 273 g/mol. The summed E-state index contributed by atoms with van der Waals surface area (Å²) in [6, 6.07) is 4.38. The van der Waals surface area contributed by atoms with Gasteiger partial charge >= 0.3 is 11.9 Å². The van der Waals surface area contributed by atoms with Crippen LogP contribution in [0, 0.1) is 5.82 Å². The van der Waals surface area contributed by atoms with Gasteiger partial charge in [-0.25, -0.2) is 4.39 Å². The Morgan fingerprint density at radius 2 is 2.13 bits per heavy atom. The molecule has 0 radical (unpaired) electrons. The molecule has 1 aromatic carbocycles. The molecule has 1 aliphatic heterocycles. The van der Waals surface area contributed by atoms with Gasteiger partial charge in [-0.2, -0.15) is 0 Å². The molecule has 1 atom stereocenters. The molecule has 1 unspecified atom stereocenters. The van der Waals surface area contributed by atoms with E-state index in [9.17, 15) is 14.0 Å². The highest BCUT2D eigenvalue weighted by Gasteiger charge is 2.37. The fourth-order valence-electron chi connectivity index (χ4n) is 1.54. The number of esters is 2. The van der Waals surface area contributed by atoms with Crippen LogP contribution in [-0.4, -0.2) is 11.9 Å². The molecule has 1 aliphatic rings. The number of ether oxygens (including phenoxy) is 1. The topological polar surface area (TPSA) is 43.4 Å². The maximum Gasteiger partial charge on any atom is 0.321 e. The lowest BCUT2D eigenvalue weighted by atomic mass is 9.97. The highest BCUT2D eigenvalue weighted by atomic mass is 79.9. The number of halogens is 2. The first-order valence-corrected chi connectivity index (χ1v) is 5.07. The number of cyclic esters (lactones) is 2. The second-order valence-electron chi connectivity index (χ2n) is 3.19. The van der Waals surface area contributed by atoms with Gasteiger partial charge in [0.15, 0.2) is 0 Å². The molecule has 2 rings (SSSR count). The zero-order chi connectivity index (χ0) is 11.0. The molecule has 0 spiro atoms. The Hall–Kier alpha value is -1.23. The van der Waals surface area contributed by atoms with Crippen molar-refractivity contribution in [1.29, 1.82) is 0 Å². The lowest BCUT2D eigenvalue weighted by Crippen LogP contribution is -2.08. The van der Waals surface area contributed by atoms with E-state index in [2.05, 4.69) is 20.7 Å². The van der Waals surface area contributed by atoms with Crippen molar-refractivity contribution in [3.05, 3.63) is 34.1 Å². The van der Waals surface area contributed by atoms with Gasteiger partial charge in [-0.3, -0.25) is 9.59 Å². The minimum Gasteiger partial charge on any atom is -0.393 e. The summed E-state index contributed by atoms with van der Waals surface area (Å²) >= 11 is 3.15. The van der Waals surface area contributed by atoms with Crippen LogP contribution in [-0.2, 0) is 14.3 Å². The van der Waals surface area contributed by atoms with Gasteiger partial charge in [0.1, 0.15) is 5.82 Å². The molecule has 15 heavy (non-hydrogen) atoms. The van der Waals surface area contributed by atoms with Gasteiger partial charge in [0, 0.05) is 10.0 Å². The monoisotopic (exact) mass is 272 g/mol. The zero-order valence-electron chi connectivity index (χ0n) is 7.50. The SMILES string of the molecule is O=C1CC(c2c(F)cccc2Br)C(=O)O1. The van der Waals surface area contributed by atoms with Crippen molar-refractivity contribution < 1.29 is 18.7 Å². The van der Waals surface area contributed by atoms with Gasteiger partial charge in [-0.15, -0.1) is 0 Å². The summed E-state index contributed by atoms with van der Waals surface area (Å²) < 4.78 is 18.3. The standard InChI is InChI=1S/C10H6BrFO3/c11-6-2-1-3-7(12)9(6)5-4-8(13)15-10(5)14/h1-3,5H,4H2. The minimum atomic E-state index is -0.826. The van der Waals surface area contributed by atoms with E-state index < -0.39 is 23.7 Å². The van der Waals surface area contributed by atoms with Gasteiger partial charge in [0.2, 0.25) is 0 Å². The third kappa shape index (κ3) is 1.79. The molecule has 1 heterocycles. The first-order chi connectivity index (χ1) is 7.09. The summed E-state index contributed by atoms with van der Waals surface area (Å²) in [6.07, 6.45) is -0.0988. The lowest BCUT2D eigenvalue weighted by molar-refractivity contribution is -0.152. The number of hydrogen-bond acceptors (Lipinski definition) is 3. The van der Waals surface area contributed by atoms with E-state index in [4.69, 9.17) is 0 Å². The largest absolute Gasteiger partial charge is 0.393 e. The van der Waals surface area contributed by atoms with E-state index in [1.165, 1.54) is 12.1 Å². The molecule has 0 bridgehead atoms. The molecule has 5 heteroatoms. The molecular formula is C10H6BrFO3. The van der Waals surface area contributed by atoms with Gasteiger partial charge in [-0.05, 0) is 12.1 Å². The smallest absolute Gasteiger partial charge is 0.321 e. The average Bonchev–Trinajstić information content (AvgIpc) is 2.45. The Morgan fingerprint density at radius 3 is 2.67 bits per heavy atom. The molecule has 1 fully saturated rings. The van der Waals surface area contributed by atoms with Gasteiger partial charge < -0.3 is 4.74 Å². The van der Waals surface area contributed by atoms with E-state index in [-0.39, 0.29) is 12.0 Å². The highest BCUT2D eigenvalue weighted by Crippen LogP contribution is 2.34. The Labute approximate surface area is 93.4 Å². The predicted molar refractivity (Wildman–Crippen MR) is 52.6 cm³/mol. The van der Waals surface area contributed by atoms with Crippen LogP contribution in [0.5, 0.6) is 0 Å². The minimum absolute atomic E-state index is 0.0988. The van der Waals surface area contributed by atoms with Crippen molar-refractivity contribution in [2.24, 2.45) is 0 Å². The predicted octanol–water partition coefficient (Wildman–Crippen LogP) is 2.15. The summed E-state index contributed by atoms with van der Waals surface area (Å²) in [6.45, 7) is 0. The summed E-state index contributed by atoms with van der Waals surface area (Å²) in [4.78, 5) is 22.1. The molecule has 0 saturated carbocycles. The molecule has 0 aromatic heterocycles. The van der Waals surface area contributed by atoms with E-state index in [1.54, 1.807) is 6.07 Å². The number of carbonyl (C=O) groups excluding carboxylic acids is 2. The summed E-state index contributed by atoms with van der Waals surface area (Å²) in [5, 5.41) is 0. The number of benzene rings is 1. The lowest BCUT2D eigenvalue weighted by Gasteiger charge is -2.08. The van der Waals surface area contributed by atoms with Crippen LogP contribution in [0.25, 0.3) is 0 Å². The third-order valence-corrected chi connectivity index (χ3v) is 2.91. The Bertz CT molecular complexity index is 424. The quantitative estimate of drug-likeness (QED) is 0.581. The van der Waals surface area contributed by atoms with Gasteiger partial charge in [-0.1, -0.05) is 22.0 Å². The van der Waals surface area contributed by atoms with E-state index in [1.807, 2.05) is 0 Å². The van der Waals surface area contributed by atoms with Crippen LogP contribution < -0.4 is 0 Å². The first-order valence-electron chi connectivity index (χ1n) is 4.28. The molecule has 1 aromatic rings. The Kier molecular flexibility index (Phi) is 2.56. The molecule has 78 valence electrons. The van der Waals surface area contributed by atoms with Crippen LogP contribution in [0.4, 0.5) is 4.39 Å². The van der Waals surface area contributed by atoms with Crippen LogP contribution in [0.1, 0.15) is 17.9 Å². The molecule has 0 aliphatic carbocycles. The maximum atomic E-state index is 13.5. The van der Waals surface area contributed by atoms with E-state index >= 15 is 0 Å². The van der Waals surface area contributed by atoms with Crippen molar-refractivity contribution in [3.63, 3.8) is 0 Å². The van der Waals surface area contributed by atoms with Crippen LogP contribution >= 0.6 is 15.9 Å². The van der Waals surface area contributed by atoms with Crippen molar-refractivity contribution in [2.45, 2.75) is 12.3 Å². The van der Waals surface area contributed by atoms with Gasteiger partial charge in [0.25, 0.3) is 0 Å². The first kappa shape index (κ1) is 10.3. The van der Waals surface area contributed by atoms with Crippen LogP contribution in [0.15, 0.2) is 22.7 Å². The second kappa shape index (κ2) is 3.73. The molecule has 1 saturated heterocycles. The molecule has 0 amide bonds. The van der Waals surface area contributed by atoms with Crippen molar-refractivity contribution in [1.82, 2.24) is 0 Å². The number of hydrogen-bond donors (Lipinski definition) is 0. The summed E-state index contributed by atoms with van der Waals surface area (Å²) in [7, 11) is 0. The molecule has 3 nitrogen and oxygen atoms in total. The maximum absolute atomic E-state index is 13.5. The number of rotatable bonds is 1. The second-order valence-corrected chi connectivity index (χ2v) is 4.04. The summed E-state index contributed by atoms with van der Waals surface area (Å²) in [5.41, 5.74) is 0.188. The third-order valence-electron chi connectivity index (χ3n) is 2.22.